The van der Waals surface area contributed by atoms with Gasteiger partial charge in [0.05, 0.1) is 0 Å². The van der Waals surface area contributed by atoms with Crippen LogP contribution in [0.2, 0.25) is 0 Å². The van der Waals surface area contributed by atoms with Gasteiger partial charge in [0, 0.05) is 0 Å². The first kappa shape index (κ1) is 35.3. The summed E-state index contributed by atoms with van der Waals surface area (Å²) in [6.45, 7) is 17.7. The van der Waals surface area contributed by atoms with Gasteiger partial charge in [0.15, 0.2) is 0 Å². The molecule has 5 aromatic heterocycles. The van der Waals surface area contributed by atoms with Crippen molar-refractivity contribution in [3.63, 3.8) is 0 Å². The fourth-order valence-corrected chi connectivity index (χ4v) is 13.1. The van der Waals surface area contributed by atoms with Gasteiger partial charge in [-0.1, -0.05) is 0 Å². The molecule has 50 heavy (non-hydrogen) atoms. The molecule has 2 aliphatic carbocycles. The van der Waals surface area contributed by atoms with Crippen molar-refractivity contribution in [2.75, 3.05) is 0 Å². The Labute approximate surface area is 319 Å². The normalized spacial score (nSPS) is 17.7. The predicted molar refractivity (Wildman–Crippen MR) is 223 cm³/mol. The summed E-state index contributed by atoms with van der Waals surface area (Å²) >= 11 is 7.39. The van der Waals surface area contributed by atoms with E-state index in [1.807, 2.05) is 29.6 Å². The number of carbonyl (C=O) groups excluding carboxylic acids is 1. The molecule has 0 amide bonds. The summed E-state index contributed by atoms with van der Waals surface area (Å²) in [5, 5.41) is 4.31. The van der Waals surface area contributed by atoms with Crippen molar-refractivity contribution in [3.05, 3.63) is 148 Å². The van der Waals surface area contributed by atoms with Gasteiger partial charge >= 0.3 is 322 Å². The molecule has 2 aliphatic rings. The van der Waals surface area contributed by atoms with E-state index in [4.69, 9.17) is 0 Å². The van der Waals surface area contributed by atoms with Gasteiger partial charge in [0.1, 0.15) is 0 Å². The quantitative estimate of drug-likeness (QED) is 0.157. The van der Waals surface area contributed by atoms with E-state index in [2.05, 4.69) is 144 Å². The third kappa shape index (κ3) is 7.17. The van der Waals surface area contributed by atoms with Crippen molar-refractivity contribution >= 4 is 76.8 Å². The van der Waals surface area contributed by atoms with E-state index in [1.54, 1.807) is 22.7 Å². The summed E-state index contributed by atoms with van der Waals surface area (Å²) in [6, 6.07) is 22.6. The molecule has 254 valence electrons. The number of thiophene rings is 4. The maximum atomic E-state index is 13.5. The number of carbonyl (C=O) groups is 1. The van der Waals surface area contributed by atoms with Gasteiger partial charge in [-0.3, -0.25) is 0 Å². The summed E-state index contributed by atoms with van der Waals surface area (Å²) in [4.78, 5) is 21.2. The van der Waals surface area contributed by atoms with Gasteiger partial charge in [-0.15, -0.1) is 0 Å². The summed E-state index contributed by atoms with van der Waals surface area (Å²) in [7, 11) is 0. The van der Waals surface area contributed by atoms with Crippen LogP contribution in [0, 0.1) is 10.8 Å². The number of allylic oxidation sites excluding steroid dienone is 10. The number of hydrogen-bond acceptors (Lipinski definition) is 5. The van der Waals surface area contributed by atoms with Gasteiger partial charge in [-0.25, -0.2) is 0 Å². The predicted octanol–water partition coefficient (Wildman–Crippen LogP) is 13.8. The molecule has 7 rings (SSSR count). The number of ketones is 1. The molecule has 0 N–H and O–H groups in total. The Morgan fingerprint density at radius 2 is 1.16 bits per heavy atom. The van der Waals surface area contributed by atoms with Crippen LogP contribution in [0.3, 0.4) is 0 Å². The first-order chi connectivity index (χ1) is 23.8. The van der Waals surface area contributed by atoms with E-state index in [9.17, 15) is 4.79 Å². The molecule has 5 heterocycles. The second-order valence-corrected chi connectivity index (χ2v) is 21.5. The summed E-state index contributed by atoms with van der Waals surface area (Å²) in [5.41, 5.74) is 9.50. The van der Waals surface area contributed by atoms with Crippen LogP contribution in [0.1, 0.15) is 80.4 Å². The first-order valence-corrected chi connectivity index (χ1v) is 22.1. The van der Waals surface area contributed by atoms with Gasteiger partial charge in [-0.05, 0) is 0 Å². The average molecular weight is 794 g/mol. The third-order valence-corrected chi connectivity index (χ3v) is 15.8. The Hall–Kier alpha value is -3.09. The average Bonchev–Trinajstić information content (AvgIpc) is 3.88. The van der Waals surface area contributed by atoms with E-state index >= 15 is 0 Å². The van der Waals surface area contributed by atoms with Crippen LogP contribution in [0.15, 0.2) is 129 Å². The second-order valence-electron chi connectivity index (χ2n) is 15.2. The zero-order chi connectivity index (χ0) is 35.4. The summed E-state index contributed by atoms with van der Waals surface area (Å²) < 4.78 is 2.76. The summed E-state index contributed by atoms with van der Waals surface area (Å²) in [6.07, 6.45) is 10.2. The van der Waals surface area contributed by atoms with Crippen LogP contribution in [0.4, 0.5) is 0 Å². The molecule has 5 aromatic rings. The Morgan fingerprint density at radius 3 is 1.64 bits per heavy atom. The van der Waals surface area contributed by atoms with Crippen LogP contribution < -0.4 is 0 Å². The van der Waals surface area contributed by atoms with E-state index < -0.39 is 0 Å². The Kier molecular flexibility index (Phi) is 9.75. The first-order valence-electron chi connectivity index (χ1n) is 17.0. The third-order valence-electron chi connectivity index (χ3n) is 9.16. The van der Waals surface area contributed by atoms with Crippen molar-refractivity contribution in [1.82, 2.24) is 0 Å². The standard InChI is InChI=1S/C44H42OS4Se/c1-26-21-28(24-30(22-26)43(3,4)5)40(36-15-13-34(48-36)32-11-9-19-46-32)38-17-18-39(50-38)41(37-16-14-35(49-37)33-12-10-20-47-33)29-23-27(2)42(45)31(25-29)44(6,7)8/h9-21,23-25H,22H2,1-8H3/b40-28-,41-29-. The van der Waals surface area contributed by atoms with Crippen LogP contribution in [-0.2, 0) is 4.79 Å². The van der Waals surface area contributed by atoms with E-state index in [-0.39, 0.29) is 31.1 Å². The van der Waals surface area contributed by atoms with Gasteiger partial charge in [-0.2, -0.15) is 0 Å². The molecule has 0 bridgehead atoms. The van der Waals surface area contributed by atoms with E-state index in [0.717, 1.165) is 23.1 Å². The monoisotopic (exact) mass is 794 g/mol. The zero-order valence-electron chi connectivity index (χ0n) is 29.9. The minimum absolute atomic E-state index is 0.0404. The maximum absolute atomic E-state index is 13.5. The van der Waals surface area contributed by atoms with Gasteiger partial charge < -0.3 is 0 Å². The molecule has 6 heteroatoms. The molecule has 1 nitrogen and oxygen atoms in total. The zero-order valence-corrected chi connectivity index (χ0v) is 34.9. The molecule has 0 saturated carbocycles. The molecule has 0 aliphatic heterocycles. The van der Waals surface area contributed by atoms with E-state index in [1.165, 1.54) is 66.0 Å². The molecule has 0 aromatic carbocycles. The Balaban J connectivity index is 1.45. The van der Waals surface area contributed by atoms with Crippen molar-refractivity contribution in [2.45, 2.75) is 61.8 Å². The fraction of sp³-hybridized carbons (Fsp3) is 0.250. The van der Waals surface area contributed by atoms with Crippen molar-refractivity contribution in [2.24, 2.45) is 10.8 Å². The topological polar surface area (TPSA) is 17.1 Å². The molecule has 0 spiro atoms. The van der Waals surface area contributed by atoms with Crippen molar-refractivity contribution in [1.29, 1.82) is 0 Å². The Morgan fingerprint density at radius 1 is 0.620 bits per heavy atom. The Bertz CT molecular complexity index is 2270. The molecular weight excluding hydrogens is 752 g/mol. The molecule has 0 saturated heterocycles. The fourth-order valence-electron chi connectivity index (χ4n) is 6.46. The van der Waals surface area contributed by atoms with Gasteiger partial charge in [0.25, 0.3) is 0 Å². The molecule has 0 radical (unpaired) electrons. The van der Waals surface area contributed by atoms with Crippen molar-refractivity contribution in [3.8, 4) is 19.5 Å². The van der Waals surface area contributed by atoms with Gasteiger partial charge in [0.2, 0.25) is 0 Å². The molecule has 0 atom stereocenters. The van der Waals surface area contributed by atoms with Crippen LogP contribution in [-0.4, -0.2) is 20.3 Å². The molecule has 0 fully saturated rings. The van der Waals surface area contributed by atoms with E-state index in [0.29, 0.717) is 0 Å². The summed E-state index contributed by atoms with van der Waals surface area (Å²) in [5.74, 6) is 0.155. The minimum atomic E-state index is -0.252. The molecular formula is C44H42OS4Se. The van der Waals surface area contributed by atoms with Crippen LogP contribution >= 0.6 is 45.3 Å². The molecule has 0 unspecified atom stereocenters. The number of rotatable bonds is 6. The number of Topliss-reactive ketones (excluding diaryl/α,β-unsaturated/α-hetero) is 1. The SMILES string of the molecule is CC1=C/C(=C(\c2ccc(-c3cccs3)s2)c2ccc(/C(=C3/C=C(C)C(=O)C(C(C)(C)C)=C3)c3ccc(-c4cccs4)s3)[se]2)C=C(C(C)(C)C)C1. The van der Waals surface area contributed by atoms with Crippen molar-refractivity contribution < 1.29 is 4.79 Å². The number of hydrogen-bond donors (Lipinski definition) is 0. The van der Waals surface area contributed by atoms with Crippen LogP contribution in [0.25, 0.3) is 30.7 Å². The van der Waals surface area contributed by atoms with Crippen LogP contribution in [0.5, 0.6) is 0 Å². The second kappa shape index (κ2) is 13.8.